The maximum absolute atomic E-state index is 8.88. The fourth-order valence-corrected chi connectivity index (χ4v) is 1.37. The third-order valence-corrected chi connectivity index (χ3v) is 2.27. The van der Waals surface area contributed by atoms with Gasteiger partial charge in [-0.05, 0) is 20.0 Å². The molecule has 3 nitrogen and oxygen atoms in total. The van der Waals surface area contributed by atoms with Crippen molar-refractivity contribution in [3.63, 3.8) is 0 Å². The molecule has 1 atom stereocenters. The number of hydrogen-bond donors (Lipinski definition) is 1. The normalized spacial score (nSPS) is 11.9. The lowest BCUT2D eigenvalue weighted by atomic mass is 10.0. The molecule has 0 amide bonds. The van der Waals surface area contributed by atoms with Gasteiger partial charge in [0.1, 0.15) is 11.8 Å². The van der Waals surface area contributed by atoms with Crippen molar-refractivity contribution in [1.29, 1.82) is 5.26 Å². The summed E-state index contributed by atoms with van der Waals surface area (Å²) < 4.78 is 5.23. The molecule has 0 aliphatic heterocycles. The van der Waals surface area contributed by atoms with Crippen LogP contribution < -0.4 is 10.1 Å². The molecule has 0 saturated carbocycles. The molecule has 0 unspecified atom stereocenters. The van der Waals surface area contributed by atoms with Gasteiger partial charge >= 0.3 is 0 Å². The smallest absolute Gasteiger partial charge is 0.141 e. The Bertz CT molecular complexity index is 355. The highest BCUT2D eigenvalue weighted by molar-refractivity contribution is 5.49. The van der Waals surface area contributed by atoms with Crippen LogP contribution in [0.1, 0.15) is 24.1 Å². The molecule has 1 rings (SSSR count). The number of nitrogens with one attached hydrogen (secondary N) is 1. The van der Waals surface area contributed by atoms with E-state index in [1.807, 2.05) is 26.1 Å². The molecule has 74 valence electrons. The number of nitriles is 1. The quantitative estimate of drug-likeness (QED) is 0.791. The third kappa shape index (κ3) is 1.86. The predicted octanol–water partition coefficient (Wildman–Crippen LogP) is 1.85. The lowest BCUT2D eigenvalue weighted by Crippen LogP contribution is -2.13. The van der Waals surface area contributed by atoms with Crippen molar-refractivity contribution in [3.05, 3.63) is 29.3 Å². The Kier molecular flexibility index (Phi) is 3.49. The van der Waals surface area contributed by atoms with Crippen LogP contribution in [-0.2, 0) is 0 Å². The zero-order chi connectivity index (χ0) is 10.6. The summed E-state index contributed by atoms with van der Waals surface area (Å²) in [6, 6.07) is 7.87. The zero-order valence-corrected chi connectivity index (χ0v) is 8.66. The van der Waals surface area contributed by atoms with Crippen molar-refractivity contribution in [3.8, 4) is 11.8 Å². The summed E-state index contributed by atoms with van der Waals surface area (Å²) in [6.45, 7) is 2.03. The van der Waals surface area contributed by atoms with Gasteiger partial charge in [-0.15, -0.1) is 0 Å². The molecule has 3 heteroatoms. The van der Waals surface area contributed by atoms with E-state index in [4.69, 9.17) is 10.00 Å². The first-order valence-corrected chi connectivity index (χ1v) is 4.48. The van der Waals surface area contributed by atoms with E-state index in [-0.39, 0.29) is 6.04 Å². The van der Waals surface area contributed by atoms with Crippen molar-refractivity contribution in [2.75, 3.05) is 14.2 Å². The lowest BCUT2D eigenvalue weighted by Gasteiger charge is -2.15. The summed E-state index contributed by atoms with van der Waals surface area (Å²) in [6.07, 6.45) is 0. The molecule has 0 saturated heterocycles. The number of hydrogen-bond acceptors (Lipinski definition) is 3. The minimum absolute atomic E-state index is 0.179. The second-order valence-corrected chi connectivity index (χ2v) is 3.05. The van der Waals surface area contributed by atoms with E-state index < -0.39 is 0 Å². The van der Waals surface area contributed by atoms with Gasteiger partial charge in [-0.25, -0.2) is 0 Å². The summed E-state index contributed by atoms with van der Waals surface area (Å²) in [4.78, 5) is 0. The van der Waals surface area contributed by atoms with E-state index in [0.717, 1.165) is 5.56 Å². The van der Waals surface area contributed by atoms with Crippen LogP contribution in [0.15, 0.2) is 18.2 Å². The van der Waals surface area contributed by atoms with Crippen molar-refractivity contribution >= 4 is 0 Å². The molecule has 0 aliphatic rings. The highest BCUT2D eigenvalue weighted by Gasteiger charge is 2.12. The molecule has 1 N–H and O–H groups in total. The molecule has 1 aromatic rings. The van der Waals surface area contributed by atoms with Crippen LogP contribution in [0.2, 0.25) is 0 Å². The first kappa shape index (κ1) is 10.6. The molecule has 0 bridgehead atoms. The molecular formula is C11H14N2O. The van der Waals surface area contributed by atoms with Crippen molar-refractivity contribution in [2.24, 2.45) is 0 Å². The van der Waals surface area contributed by atoms with Crippen LogP contribution >= 0.6 is 0 Å². The summed E-state index contributed by atoms with van der Waals surface area (Å²) in [7, 11) is 3.46. The highest BCUT2D eigenvalue weighted by Crippen LogP contribution is 2.27. The molecule has 0 radical (unpaired) electrons. The average Bonchev–Trinajstić information content (AvgIpc) is 2.26. The fraction of sp³-hybridized carbons (Fsp3) is 0.364. The van der Waals surface area contributed by atoms with Gasteiger partial charge in [-0.3, -0.25) is 0 Å². The zero-order valence-electron chi connectivity index (χ0n) is 8.66. The molecule has 0 fully saturated rings. The van der Waals surface area contributed by atoms with Gasteiger partial charge in [-0.2, -0.15) is 5.26 Å². The van der Waals surface area contributed by atoms with E-state index in [9.17, 15) is 0 Å². The minimum atomic E-state index is 0.179. The van der Waals surface area contributed by atoms with Gasteiger partial charge in [0.05, 0.1) is 12.7 Å². The van der Waals surface area contributed by atoms with Crippen LogP contribution in [0.3, 0.4) is 0 Å². The Morgan fingerprint density at radius 3 is 2.71 bits per heavy atom. The number of rotatable bonds is 3. The number of ether oxygens (including phenoxy) is 1. The second kappa shape index (κ2) is 4.64. The van der Waals surface area contributed by atoms with E-state index in [1.165, 1.54) is 0 Å². The highest BCUT2D eigenvalue weighted by atomic mass is 16.5. The second-order valence-electron chi connectivity index (χ2n) is 3.05. The van der Waals surface area contributed by atoms with Gasteiger partial charge in [0.2, 0.25) is 0 Å². The Hall–Kier alpha value is -1.53. The molecule has 0 aromatic heterocycles. The number of methoxy groups -OCH3 is 1. The summed E-state index contributed by atoms with van der Waals surface area (Å²) >= 11 is 0. The van der Waals surface area contributed by atoms with E-state index >= 15 is 0 Å². The van der Waals surface area contributed by atoms with Crippen LogP contribution in [0.5, 0.6) is 5.75 Å². The Morgan fingerprint density at radius 1 is 1.50 bits per heavy atom. The number of para-hydroxylation sites is 1. The molecular weight excluding hydrogens is 176 g/mol. The SMILES string of the molecule is CN[C@H](C)c1cccc(C#N)c1OC. The van der Waals surface area contributed by atoms with E-state index in [0.29, 0.717) is 11.3 Å². The largest absolute Gasteiger partial charge is 0.495 e. The van der Waals surface area contributed by atoms with E-state index in [2.05, 4.69) is 11.4 Å². The van der Waals surface area contributed by atoms with Crippen LogP contribution in [0.25, 0.3) is 0 Å². The predicted molar refractivity (Wildman–Crippen MR) is 55.2 cm³/mol. The topological polar surface area (TPSA) is 45.0 Å². The molecule has 0 spiro atoms. The number of nitrogens with zero attached hydrogens (tertiary/aromatic N) is 1. The summed E-state index contributed by atoms with van der Waals surface area (Å²) in [5, 5.41) is 12.0. The Labute approximate surface area is 84.3 Å². The van der Waals surface area contributed by atoms with Gasteiger partial charge in [0, 0.05) is 11.6 Å². The number of benzene rings is 1. The lowest BCUT2D eigenvalue weighted by molar-refractivity contribution is 0.402. The third-order valence-electron chi connectivity index (χ3n) is 2.27. The molecule has 0 aliphatic carbocycles. The fourth-order valence-electron chi connectivity index (χ4n) is 1.37. The Morgan fingerprint density at radius 2 is 2.21 bits per heavy atom. The first-order valence-electron chi connectivity index (χ1n) is 4.48. The average molecular weight is 190 g/mol. The van der Waals surface area contributed by atoms with Crippen LogP contribution in [0, 0.1) is 11.3 Å². The van der Waals surface area contributed by atoms with Gasteiger partial charge < -0.3 is 10.1 Å². The maximum atomic E-state index is 8.88. The van der Waals surface area contributed by atoms with Crippen LogP contribution in [-0.4, -0.2) is 14.2 Å². The van der Waals surface area contributed by atoms with Crippen molar-refractivity contribution in [1.82, 2.24) is 5.32 Å². The molecule has 1 aromatic carbocycles. The van der Waals surface area contributed by atoms with E-state index in [1.54, 1.807) is 13.2 Å². The summed E-state index contributed by atoms with van der Waals surface area (Å²) in [5.74, 6) is 0.664. The van der Waals surface area contributed by atoms with Gasteiger partial charge in [0.15, 0.2) is 0 Å². The molecule has 14 heavy (non-hydrogen) atoms. The first-order chi connectivity index (χ1) is 6.74. The van der Waals surface area contributed by atoms with Gasteiger partial charge in [0.25, 0.3) is 0 Å². The van der Waals surface area contributed by atoms with Crippen molar-refractivity contribution < 1.29 is 4.74 Å². The standard InChI is InChI=1S/C11H14N2O/c1-8(13-2)10-6-4-5-9(7-12)11(10)14-3/h4-6,8,13H,1-3H3/t8-/m1/s1. The van der Waals surface area contributed by atoms with Crippen LogP contribution in [0.4, 0.5) is 0 Å². The molecule has 0 heterocycles. The Balaban J connectivity index is 3.23. The maximum Gasteiger partial charge on any atom is 0.141 e. The van der Waals surface area contributed by atoms with Gasteiger partial charge in [-0.1, -0.05) is 12.1 Å². The van der Waals surface area contributed by atoms with Crippen molar-refractivity contribution in [2.45, 2.75) is 13.0 Å². The monoisotopic (exact) mass is 190 g/mol. The minimum Gasteiger partial charge on any atom is -0.495 e. The summed E-state index contributed by atoms with van der Waals surface area (Å²) in [5.41, 5.74) is 1.58.